The Labute approximate surface area is 105 Å². The molecular weight excluding hydrogens is 239 g/mol. The normalized spacial score (nSPS) is 25.6. The quantitative estimate of drug-likeness (QED) is 0.857. The van der Waals surface area contributed by atoms with Crippen molar-refractivity contribution in [1.29, 1.82) is 0 Å². The van der Waals surface area contributed by atoms with E-state index in [1.807, 2.05) is 0 Å². The van der Waals surface area contributed by atoms with Crippen molar-refractivity contribution >= 4 is 0 Å². The van der Waals surface area contributed by atoms with E-state index < -0.39 is 11.7 Å². The zero-order valence-electron chi connectivity index (χ0n) is 10.6. The van der Waals surface area contributed by atoms with Gasteiger partial charge in [0.15, 0.2) is 0 Å². The first kappa shape index (κ1) is 13.4. The lowest BCUT2D eigenvalue weighted by Gasteiger charge is -2.36. The first-order valence-corrected chi connectivity index (χ1v) is 6.30. The summed E-state index contributed by atoms with van der Waals surface area (Å²) in [6.45, 7) is 3.96. The van der Waals surface area contributed by atoms with Crippen LogP contribution in [0.15, 0.2) is 24.3 Å². The Hall–Kier alpha value is -1.03. The van der Waals surface area contributed by atoms with Crippen LogP contribution >= 0.6 is 0 Å². The van der Waals surface area contributed by atoms with Crippen molar-refractivity contribution in [2.45, 2.75) is 44.9 Å². The van der Waals surface area contributed by atoms with Gasteiger partial charge in [-0.05, 0) is 37.3 Å². The van der Waals surface area contributed by atoms with E-state index in [4.69, 9.17) is 0 Å². The molecule has 0 aromatic heterocycles. The van der Waals surface area contributed by atoms with Crippen LogP contribution in [0.3, 0.4) is 0 Å². The topological polar surface area (TPSA) is 12.0 Å². The van der Waals surface area contributed by atoms with Crippen molar-refractivity contribution < 1.29 is 13.2 Å². The molecule has 1 saturated carbocycles. The Balaban J connectivity index is 2.12. The molecular formula is C14H18F3N. The standard InChI is InChI=1S/C14H18F3N/c1-9-7-11(8-9)18-10(2)12-5-3-4-6-13(12)14(15,16)17/h3-6,9-11,18H,7-8H2,1-2H3. The summed E-state index contributed by atoms with van der Waals surface area (Å²) in [5.74, 6) is 0.688. The van der Waals surface area contributed by atoms with Crippen LogP contribution in [0.2, 0.25) is 0 Å². The molecule has 0 heterocycles. The molecule has 1 nitrogen and oxygen atoms in total. The number of benzene rings is 1. The van der Waals surface area contributed by atoms with Crippen LogP contribution in [0.5, 0.6) is 0 Å². The Morgan fingerprint density at radius 2 is 1.83 bits per heavy atom. The second-order valence-corrected chi connectivity index (χ2v) is 5.25. The monoisotopic (exact) mass is 257 g/mol. The highest BCUT2D eigenvalue weighted by molar-refractivity contribution is 5.32. The van der Waals surface area contributed by atoms with Gasteiger partial charge in [0.1, 0.15) is 0 Å². The SMILES string of the molecule is CC1CC(NC(C)c2ccccc2C(F)(F)F)C1. The first-order chi connectivity index (χ1) is 8.38. The highest BCUT2D eigenvalue weighted by atomic mass is 19.4. The molecule has 18 heavy (non-hydrogen) atoms. The lowest BCUT2D eigenvalue weighted by molar-refractivity contribution is -0.138. The lowest BCUT2D eigenvalue weighted by atomic mass is 9.81. The lowest BCUT2D eigenvalue weighted by Crippen LogP contribution is -2.41. The van der Waals surface area contributed by atoms with Crippen molar-refractivity contribution in [3.05, 3.63) is 35.4 Å². The highest BCUT2D eigenvalue weighted by Gasteiger charge is 2.35. The van der Waals surface area contributed by atoms with Crippen LogP contribution in [-0.4, -0.2) is 6.04 Å². The van der Waals surface area contributed by atoms with Gasteiger partial charge in [0.05, 0.1) is 5.56 Å². The predicted octanol–water partition coefficient (Wildman–Crippen LogP) is 4.15. The maximum absolute atomic E-state index is 12.9. The summed E-state index contributed by atoms with van der Waals surface area (Å²) in [6.07, 6.45) is -2.17. The molecule has 1 unspecified atom stereocenters. The number of hydrogen-bond acceptors (Lipinski definition) is 1. The van der Waals surface area contributed by atoms with E-state index in [1.54, 1.807) is 19.1 Å². The largest absolute Gasteiger partial charge is 0.416 e. The average Bonchev–Trinajstić information content (AvgIpc) is 2.26. The van der Waals surface area contributed by atoms with Gasteiger partial charge in [0.25, 0.3) is 0 Å². The van der Waals surface area contributed by atoms with Crippen LogP contribution in [0.4, 0.5) is 13.2 Å². The molecule has 2 rings (SSSR count). The maximum atomic E-state index is 12.9. The third-order valence-corrected chi connectivity index (χ3v) is 3.59. The fourth-order valence-corrected chi connectivity index (χ4v) is 2.61. The molecule has 0 bridgehead atoms. The summed E-state index contributed by atoms with van der Waals surface area (Å²) in [7, 11) is 0. The molecule has 100 valence electrons. The molecule has 1 aliphatic carbocycles. The van der Waals surface area contributed by atoms with Gasteiger partial charge >= 0.3 is 6.18 Å². The fraction of sp³-hybridized carbons (Fsp3) is 0.571. The summed E-state index contributed by atoms with van der Waals surface area (Å²) >= 11 is 0. The third-order valence-electron chi connectivity index (χ3n) is 3.59. The zero-order chi connectivity index (χ0) is 13.3. The van der Waals surface area contributed by atoms with Crippen LogP contribution in [-0.2, 0) is 6.18 Å². The van der Waals surface area contributed by atoms with Crippen molar-refractivity contribution in [1.82, 2.24) is 5.32 Å². The zero-order valence-corrected chi connectivity index (χ0v) is 10.6. The van der Waals surface area contributed by atoms with E-state index in [9.17, 15) is 13.2 Å². The summed E-state index contributed by atoms with van der Waals surface area (Å²) in [6, 6.07) is 5.90. The Bertz CT molecular complexity index is 408. The molecule has 1 fully saturated rings. The summed E-state index contributed by atoms with van der Waals surface area (Å²) < 4.78 is 38.6. The Kier molecular flexibility index (Phi) is 3.66. The van der Waals surface area contributed by atoms with Gasteiger partial charge in [-0.2, -0.15) is 13.2 Å². The smallest absolute Gasteiger partial charge is 0.307 e. The minimum Gasteiger partial charge on any atom is -0.307 e. The second kappa shape index (κ2) is 4.92. The van der Waals surface area contributed by atoms with Crippen LogP contribution < -0.4 is 5.32 Å². The molecule has 0 saturated heterocycles. The van der Waals surface area contributed by atoms with Crippen molar-refractivity contribution in [2.24, 2.45) is 5.92 Å². The summed E-state index contributed by atoms with van der Waals surface area (Å²) in [5.41, 5.74) is -0.193. The maximum Gasteiger partial charge on any atom is 0.416 e. The van der Waals surface area contributed by atoms with Gasteiger partial charge in [0.2, 0.25) is 0 Å². The predicted molar refractivity (Wildman–Crippen MR) is 65.2 cm³/mol. The molecule has 1 atom stereocenters. The van der Waals surface area contributed by atoms with Gasteiger partial charge in [-0.25, -0.2) is 0 Å². The van der Waals surface area contributed by atoms with Gasteiger partial charge < -0.3 is 5.32 Å². The minimum atomic E-state index is -4.28. The van der Waals surface area contributed by atoms with E-state index in [1.165, 1.54) is 6.07 Å². The van der Waals surface area contributed by atoms with Crippen molar-refractivity contribution in [3.63, 3.8) is 0 Å². The molecule has 4 heteroatoms. The minimum absolute atomic E-state index is 0.264. The van der Waals surface area contributed by atoms with Crippen LogP contribution in [0, 0.1) is 5.92 Å². The van der Waals surface area contributed by atoms with Crippen LogP contribution in [0.1, 0.15) is 43.9 Å². The Morgan fingerprint density at radius 3 is 2.39 bits per heavy atom. The van der Waals surface area contributed by atoms with Crippen molar-refractivity contribution in [3.8, 4) is 0 Å². The van der Waals surface area contributed by atoms with Gasteiger partial charge in [-0.15, -0.1) is 0 Å². The average molecular weight is 257 g/mol. The van der Waals surface area contributed by atoms with Gasteiger partial charge in [-0.3, -0.25) is 0 Å². The van der Waals surface area contributed by atoms with Crippen molar-refractivity contribution in [2.75, 3.05) is 0 Å². The molecule has 0 amide bonds. The van der Waals surface area contributed by atoms with E-state index in [-0.39, 0.29) is 6.04 Å². The third kappa shape index (κ3) is 2.86. The van der Waals surface area contributed by atoms with E-state index in [2.05, 4.69) is 12.2 Å². The molecule has 0 aliphatic heterocycles. The molecule has 1 N–H and O–H groups in total. The molecule has 1 aliphatic rings. The van der Waals surface area contributed by atoms with E-state index in [0.717, 1.165) is 18.9 Å². The van der Waals surface area contributed by atoms with Gasteiger partial charge in [-0.1, -0.05) is 25.1 Å². The Morgan fingerprint density at radius 1 is 1.22 bits per heavy atom. The fourth-order valence-electron chi connectivity index (χ4n) is 2.61. The highest BCUT2D eigenvalue weighted by Crippen LogP contribution is 2.35. The molecule has 0 radical (unpaired) electrons. The van der Waals surface area contributed by atoms with Crippen LogP contribution in [0.25, 0.3) is 0 Å². The second-order valence-electron chi connectivity index (χ2n) is 5.25. The summed E-state index contributed by atoms with van der Waals surface area (Å²) in [5, 5.41) is 3.28. The number of nitrogens with one attached hydrogen (secondary N) is 1. The molecule has 0 spiro atoms. The number of halogens is 3. The van der Waals surface area contributed by atoms with Gasteiger partial charge in [0, 0.05) is 12.1 Å². The van der Waals surface area contributed by atoms with E-state index >= 15 is 0 Å². The summed E-state index contributed by atoms with van der Waals surface area (Å²) in [4.78, 5) is 0. The molecule has 1 aromatic carbocycles. The number of alkyl halides is 3. The molecule has 1 aromatic rings. The van der Waals surface area contributed by atoms with E-state index in [0.29, 0.717) is 17.5 Å². The number of rotatable bonds is 3. The first-order valence-electron chi connectivity index (χ1n) is 6.30. The number of hydrogen-bond donors (Lipinski definition) is 1.